The molecule has 0 spiro atoms. The Morgan fingerprint density at radius 1 is 0.750 bits per heavy atom. The van der Waals surface area contributed by atoms with Crippen LogP contribution in [0.5, 0.6) is 0 Å². The number of thiophene rings is 1. The van der Waals surface area contributed by atoms with E-state index in [9.17, 15) is 29.7 Å². The van der Waals surface area contributed by atoms with Crippen molar-refractivity contribution in [2.75, 3.05) is 0 Å². The highest BCUT2D eigenvalue weighted by molar-refractivity contribution is 7.20. The minimum Gasteiger partial charge on any atom is -0.478 e. The molecule has 0 amide bonds. The number of benzene rings is 3. The maximum Gasteiger partial charge on any atom is 0.371 e. The molecule has 1 aliphatic carbocycles. The van der Waals surface area contributed by atoms with Crippen LogP contribution in [0.3, 0.4) is 0 Å². The first-order valence-corrected chi connectivity index (χ1v) is 11.8. The summed E-state index contributed by atoms with van der Waals surface area (Å²) in [6.07, 6.45) is 1.92. The number of carboxylic acid groups (broad SMARTS) is 3. The second-order valence-electron chi connectivity index (χ2n) is 8.48. The fourth-order valence-electron chi connectivity index (χ4n) is 4.83. The highest BCUT2D eigenvalue weighted by Gasteiger charge is 2.24. The van der Waals surface area contributed by atoms with Gasteiger partial charge in [-0.15, -0.1) is 11.3 Å². The summed E-state index contributed by atoms with van der Waals surface area (Å²) in [5.41, 5.74) is 5.22. The van der Waals surface area contributed by atoms with Gasteiger partial charge in [0, 0.05) is 33.0 Å². The van der Waals surface area contributed by atoms with Crippen molar-refractivity contribution in [3.63, 3.8) is 0 Å². The molecule has 36 heavy (non-hydrogen) atoms. The predicted octanol–water partition coefficient (Wildman–Crippen LogP) is 6.40. The van der Waals surface area contributed by atoms with Gasteiger partial charge in [-0.1, -0.05) is 36.4 Å². The van der Waals surface area contributed by atoms with Crippen molar-refractivity contribution in [1.29, 1.82) is 0 Å². The molecule has 0 aliphatic heterocycles. The van der Waals surface area contributed by atoms with Crippen molar-refractivity contribution in [2.45, 2.75) is 6.42 Å². The summed E-state index contributed by atoms with van der Waals surface area (Å²) < 4.78 is 6.63. The number of aliphatic carboxylic acids is 1. The molecule has 0 atom stereocenters. The minimum absolute atomic E-state index is 0.206. The summed E-state index contributed by atoms with van der Waals surface area (Å²) in [7, 11) is 0. The third-order valence-corrected chi connectivity index (χ3v) is 7.52. The molecule has 2 aromatic heterocycles. The normalized spacial score (nSPS) is 12.6. The van der Waals surface area contributed by atoms with Gasteiger partial charge in [0.05, 0.1) is 0 Å². The molecule has 6 rings (SSSR count). The van der Waals surface area contributed by atoms with Crippen molar-refractivity contribution in [2.24, 2.45) is 0 Å². The highest BCUT2D eigenvalue weighted by Crippen LogP contribution is 2.43. The summed E-state index contributed by atoms with van der Waals surface area (Å²) >= 11 is 1.17. The zero-order valence-corrected chi connectivity index (χ0v) is 19.3. The molecular weight excluding hydrogens is 480 g/mol. The summed E-state index contributed by atoms with van der Waals surface area (Å²) in [5, 5.41) is 29.9. The van der Waals surface area contributed by atoms with Crippen LogP contribution in [-0.4, -0.2) is 33.2 Å². The van der Waals surface area contributed by atoms with E-state index in [1.807, 2.05) is 48.5 Å². The van der Waals surface area contributed by atoms with Crippen molar-refractivity contribution < 1.29 is 34.1 Å². The third-order valence-electron chi connectivity index (χ3n) is 6.43. The number of hydrogen-bond acceptors (Lipinski definition) is 5. The van der Waals surface area contributed by atoms with Crippen LogP contribution < -0.4 is 0 Å². The molecule has 7 nitrogen and oxygen atoms in total. The van der Waals surface area contributed by atoms with Crippen LogP contribution in [0.25, 0.3) is 49.4 Å². The Bertz CT molecular complexity index is 1800. The number of furan rings is 1. The number of fused-ring (bicyclic) bond motifs is 3. The first kappa shape index (κ1) is 21.8. The topological polar surface area (TPSA) is 125 Å². The lowest BCUT2D eigenvalue weighted by molar-refractivity contribution is -0.132. The lowest BCUT2D eigenvalue weighted by atomic mass is 9.91. The van der Waals surface area contributed by atoms with Gasteiger partial charge in [0.1, 0.15) is 10.5 Å². The van der Waals surface area contributed by atoms with E-state index in [4.69, 9.17) is 4.42 Å². The Labute approximate surface area is 207 Å². The number of rotatable bonds is 5. The third kappa shape index (κ3) is 3.30. The molecular formula is C28H16O7S. The smallest absolute Gasteiger partial charge is 0.371 e. The van der Waals surface area contributed by atoms with E-state index in [1.54, 1.807) is 12.1 Å². The van der Waals surface area contributed by atoms with Crippen LogP contribution >= 0.6 is 11.3 Å². The molecule has 0 unspecified atom stereocenters. The minimum atomic E-state index is -1.21. The number of carboxylic acids is 3. The molecule has 0 fully saturated rings. The molecule has 5 aromatic rings. The molecule has 0 saturated heterocycles. The number of hydrogen-bond donors (Lipinski definition) is 3. The van der Waals surface area contributed by atoms with Crippen molar-refractivity contribution in [3.05, 3.63) is 88.0 Å². The zero-order valence-electron chi connectivity index (χ0n) is 18.4. The average molecular weight is 496 g/mol. The van der Waals surface area contributed by atoms with Gasteiger partial charge in [-0.25, -0.2) is 14.4 Å². The largest absolute Gasteiger partial charge is 0.478 e. The van der Waals surface area contributed by atoms with Crippen LogP contribution in [0.1, 0.15) is 31.4 Å². The first-order chi connectivity index (χ1) is 17.3. The fourth-order valence-corrected chi connectivity index (χ4v) is 5.76. The predicted molar refractivity (Wildman–Crippen MR) is 136 cm³/mol. The van der Waals surface area contributed by atoms with Gasteiger partial charge in [0.15, 0.2) is 0 Å². The molecule has 3 aromatic carbocycles. The van der Waals surface area contributed by atoms with E-state index in [0.717, 1.165) is 37.9 Å². The van der Waals surface area contributed by atoms with Crippen LogP contribution in [-0.2, 0) is 11.2 Å². The fraction of sp³-hybridized carbons (Fsp3) is 0.0357. The molecule has 0 radical (unpaired) electrons. The van der Waals surface area contributed by atoms with Gasteiger partial charge in [-0.2, -0.15) is 0 Å². The van der Waals surface area contributed by atoms with Crippen molar-refractivity contribution in [3.8, 4) is 22.3 Å². The van der Waals surface area contributed by atoms with Crippen molar-refractivity contribution >= 4 is 56.4 Å². The summed E-state index contributed by atoms with van der Waals surface area (Å²) in [6.45, 7) is 0. The van der Waals surface area contributed by atoms with Gasteiger partial charge in [0.2, 0.25) is 5.76 Å². The Kier molecular flexibility index (Phi) is 4.80. The van der Waals surface area contributed by atoms with Gasteiger partial charge in [-0.3, -0.25) is 0 Å². The Morgan fingerprint density at radius 3 is 2.22 bits per heavy atom. The SMILES string of the molecule is O=C(O)C1=Cc2cccc(-c3ccc(-c4cccc5sc(C(=O)O)cc45)c4oc(C(=O)O)cc34)c2C1. The second-order valence-corrected chi connectivity index (χ2v) is 9.56. The van der Waals surface area contributed by atoms with E-state index < -0.39 is 17.9 Å². The molecule has 3 N–H and O–H groups in total. The van der Waals surface area contributed by atoms with Crippen LogP contribution in [0, 0.1) is 0 Å². The summed E-state index contributed by atoms with van der Waals surface area (Å²) in [5.74, 6) is -3.42. The molecule has 0 saturated carbocycles. The van der Waals surface area contributed by atoms with Gasteiger partial charge >= 0.3 is 17.9 Å². The molecule has 2 heterocycles. The van der Waals surface area contributed by atoms with E-state index in [2.05, 4.69) is 0 Å². The van der Waals surface area contributed by atoms with Crippen LogP contribution in [0.4, 0.5) is 0 Å². The molecule has 0 bridgehead atoms. The lowest BCUT2D eigenvalue weighted by Crippen LogP contribution is -2.00. The Balaban J connectivity index is 1.60. The van der Waals surface area contributed by atoms with Crippen molar-refractivity contribution in [1.82, 2.24) is 0 Å². The number of aromatic carboxylic acids is 2. The number of carbonyl (C=O) groups is 3. The standard InChI is InChI=1S/C28H16O7S/c29-26(30)14-9-13-3-1-4-15(19(13)10-14)17-7-8-18(25-21(17)11-22(35-25)27(31)32)16-5-2-6-23-20(16)12-24(36-23)28(33)34/h1-9,11-12H,10H2,(H,29,30)(H,31,32)(H,33,34). The van der Waals surface area contributed by atoms with Crippen LogP contribution in [0.15, 0.2) is 70.7 Å². The van der Waals surface area contributed by atoms with E-state index >= 15 is 0 Å². The van der Waals surface area contributed by atoms with Gasteiger partial charge in [0.25, 0.3) is 0 Å². The lowest BCUT2D eigenvalue weighted by Gasteiger charge is -2.12. The maximum absolute atomic E-state index is 11.8. The first-order valence-electron chi connectivity index (χ1n) is 10.9. The van der Waals surface area contributed by atoms with Gasteiger partial charge < -0.3 is 19.7 Å². The second kappa shape index (κ2) is 7.93. The van der Waals surface area contributed by atoms with Gasteiger partial charge in [-0.05, 0) is 58.2 Å². The summed E-state index contributed by atoms with van der Waals surface area (Å²) in [6, 6.07) is 17.9. The molecule has 176 valence electrons. The zero-order chi connectivity index (χ0) is 25.1. The Hall–Kier alpha value is -4.69. The monoisotopic (exact) mass is 496 g/mol. The van der Waals surface area contributed by atoms with E-state index in [0.29, 0.717) is 22.1 Å². The van der Waals surface area contributed by atoms with E-state index in [1.165, 1.54) is 17.4 Å². The molecule has 8 heteroatoms. The van der Waals surface area contributed by atoms with E-state index in [-0.39, 0.29) is 17.1 Å². The highest BCUT2D eigenvalue weighted by atomic mass is 32.1. The maximum atomic E-state index is 11.8. The van der Waals surface area contributed by atoms with Crippen LogP contribution in [0.2, 0.25) is 0 Å². The quantitative estimate of drug-likeness (QED) is 0.257. The Morgan fingerprint density at radius 2 is 1.47 bits per heavy atom. The summed E-state index contributed by atoms with van der Waals surface area (Å²) in [4.78, 5) is 35.2. The average Bonchev–Trinajstić information content (AvgIpc) is 3.59. The molecule has 1 aliphatic rings.